The minimum Gasteiger partial charge on any atom is -0.444 e. The molecule has 0 radical (unpaired) electrons. The zero-order valence-corrected chi connectivity index (χ0v) is 15.3. The Bertz CT molecular complexity index is 766. The normalized spacial score (nSPS) is 19.6. The molecule has 0 unspecified atom stereocenters. The van der Waals surface area contributed by atoms with Crippen LogP contribution in [0, 0.1) is 0 Å². The molecule has 1 amide bonds. The molecular formula is C20H25N5O2. The fourth-order valence-corrected chi connectivity index (χ4v) is 3.36. The monoisotopic (exact) mass is 367 g/mol. The molecule has 2 fully saturated rings. The van der Waals surface area contributed by atoms with Crippen molar-refractivity contribution in [3.8, 4) is 0 Å². The van der Waals surface area contributed by atoms with Crippen LogP contribution in [-0.2, 0) is 11.3 Å². The van der Waals surface area contributed by atoms with Crippen LogP contribution in [0.5, 0.6) is 0 Å². The van der Waals surface area contributed by atoms with E-state index in [1.807, 2.05) is 36.4 Å². The second-order valence-corrected chi connectivity index (χ2v) is 7.22. The minimum absolute atomic E-state index is 0.235. The van der Waals surface area contributed by atoms with Gasteiger partial charge in [-0.3, -0.25) is 5.32 Å². The third kappa shape index (κ3) is 5.17. The third-order valence-electron chi connectivity index (χ3n) is 4.89. The summed E-state index contributed by atoms with van der Waals surface area (Å²) in [4.78, 5) is 14.3. The molecule has 1 aromatic carbocycles. The number of benzene rings is 1. The van der Waals surface area contributed by atoms with Crippen LogP contribution in [-0.4, -0.2) is 41.5 Å². The highest BCUT2D eigenvalue weighted by molar-refractivity contribution is 5.84. The van der Waals surface area contributed by atoms with E-state index in [0.29, 0.717) is 17.8 Å². The number of nitrogens with one attached hydrogen (secondary N) is 2. The minimum atomic E-state index is -0.496. The molecule has 0 spiro atoms. The Balaban J connectivity index is 1.32. The molecule has 1 aromatic heterocycles. The van der Waals surface area contributed by atoms with Gasteiger partial charge >= 0.3 is 6.09 Å². The molecule has 1 aliphatic heterocycles. The number of nitrogens with zero attached hydrogens (tertiary/aromatic N) is 3. The first-order chi connectivity index (χ1) is 13.3. The fourth-order valence-electron chi connectivity index (χ4n) is 3.36. The van der Waals surface area contributed by atoms with Crippen LogP contribution in [0.25, 0.3) is 0 Å². The molecule has 2 heterocycles. The summed E-state index contributed by atoms with van der Waals surface area (Å²) < 4.78 is 5.26. The standard InChI is InChI=1S/C20H25N5O2/c26-20(27-14-15-5-2-1-3-6-15)23-18-11-19(24-21-12-18)25-10-4-7-17(13-25)22-16-8-9-16/h1-3,5-6,11-12,16-17,22H,4,7-10,13-14H2,(H,23,24,26)/t17-/m1/s1. The maximum Gasteiger partial charge on any atom is 0.412 e. The van der Waals surface area contributed by atoms with Crippen molar-refractivity contribution in [1.29, 1.82) is 0 Å². The zero-order chi connectivity index (χ0) is 18.5. The highest BCUT2D eigenvalue weighted by Gasteiger charge is 2.28. The molecule has 1 saturated heterocycles. The van der Waals surface area contributed by atoms with Gasteiger partial charge in [-0.25, -0.2) is 4.79 Å². The summed E-state index contributed by atoms with van der Waals surface area (Å²) in [6, 6.07) is 12.7. The van der Waals surface area contributed by atoms with Crippen LogP contribution in [0.1, 0.15) is 31.2 Å². The number of carbonyl (C=O) groups is 1. The summed E-state index contributed by atoms with van der Waals surface area (Å²) in [5, 5.41) is 14.7. The van der Waals surface area contributed by atoms with Gasteiger partial charge in [0.2, 0.25) is 0 Å². The first kappa shape index (κ1) is 17.7. The SMILES string of the molecule is O=C(Nc1cnnc(N2CCC[C@@H](NC3CC3)C2)c1)OCc1ccccc1. The topological polar surface area (TPSA) is 79.4 Å². The highest BCUT2D eigenvalue weighted by Crippen LogP contribution is 2.24. The van der Waals surface area contributed by atoms with Crippen LogP contribution in [0.2, 0.25) is 0 Å². The van der Waals surface area contributed by atoms with Gasteiger partial charge in [-0.15, -0.1) is 5.10 Å². The Kier molecular flexibility index (Phi) is 5.48. The number of hydrogen-bond donors (Lipinski definition) is 2. The predicted molar refractivity (Wildman–Crippen MR) is 104 cm³/mol. The number of amides is 1. The number of carbonyl (C=O) groups excluding carboxylic acids is 1. The van der Waals surface area contributed by atoms with Crippen LogP contribution < -0.4 is 15.5 Å². The van der Waals surface area contributed by atoms with Gasteiger partial charge < -0.3 is 15.0 Å². The van der Waals surface area contributed by atoms with E-state index in [4.69, 9.17) is 4.74 Å². The average Bonchev–Trinajstić information content (AvgIpc) is 3.52. The van der Waals surface area contributed by atoms with Crippen LogP contribution in [0.4, 0.5) is 16.3 Å². The Morgan fingerprint density at radius 3 is 2.85 bits per heavy atom. The maximum absolute atomic E-state index is 12.0. The van der Waals surface area contributed by atoms with Crippen molar-refractivity contribution in [2.45, 2.75) is 44.4 Å². The summed E-state index contributed by atoms with van der Waals surface area (Å²) in [5.41, 5.74) is 1.54. The number of hydrogen-bond acceptors (Lipinski definition) is 6. The molecule has 7 nitrogen and oxygen atoms in total. The quantitative estimate of drug-likeness (QED) is 0.817. The van der Waals surface area contributed by atoms with Crippen LogP contribution in [0.3, 0.4) is 0 Å². The molecular weight excluding hydrogens is 342 g/mol. The van der Waals surface area contributed by atoms with Gasteiger partial charge in [0.1, 0.15) is 6.61 Å². The summed E-state index contributed by atoms with van der Waals surface area (Å²) in [6.45, 7) is 2.12. The Hall–Kier alpha value is -2.67. The third-order valence-corrected chi connectivity index (χ3v) is 4.89. The summed E-state index contributed by atoms with van der Waals surface area (Å²) in [7, 11) is 0. The van der Waals surface area contributed by atoms with Crippen LogP contribution in [0.15, 0.2) is 42.6 Å². The zero-order valence-electron chi connectivity index (χ0n) is 15.3. The largest absolute Gasteiger partial charge is 0.444 e. The molecule has 1 aliphatic carbocycles. The Morgan fingerprint density at radius 2 is 2.04 bits per heavy atom. The van der Waals surface area contributed by atoms with E-state index in [1.54, 1.807) is 0 Å². The molecule has 7 heteroatoms. The van der Waals surface area contributed by atoms with Crippen molar-refractivity contribution >= 4 is 17.6 Å². The molecule has 4 rings (SSSR count). The molecule has 0 bridgehead atoms. The van der Waals surface area contributed by atoms with Gasteiger partial charge in [-0.1, -0.05) is 30.3 Å². The van der Waals surface area contributed by atoms with E-state index in [9.17, 15) is 4.79 Å². The van der Waals surface area contributed by atoms with Gasteiger partial charge in [0.05, 0.1) is 11.9 Å². The second kappa shape index (κ2) is 8.35. The van der Waals surface area contributed by atoms with Gasteiger partial charge in [0, 0.05) is 31.2 Å². The van der Waals surface area contributed by atoms with Crippen molar-refractivity contribution in [2.75, 3.05) is 23.3 Å². The van der Waals surface area contributed by atoms with E-state index in [-0.39, 0.29) is 6.61 Å². The van der Waals surface area contributed by atoms with Crippen molar-refractivity contribution in [2.24, 2.45) is 0 Å². The molecule has 27 heavy (non-hydrogen) atoms. The van der Waals surface area contributed by atoms with E-state index in [0.717, 1.165) is 30.9 Å². The molecule has 2 N–H and O–H groups in total. The lowest BCUT2D eigenvalue weighted by molar-refractivity contribution is 0.155. The lowest BCUT2D eigenvalue weighted by Gasteiger charge is -2.34. The molecule has 1 saturated carbocycles. The second-order valence-electron chi connectivity index (χ2n) is 7.22. The van der Waals surface area contributed by atoms with Crippen molar-refractivity contribution in [1.82, 2.24) is 15.5 Å². The summed E-state index contributed by atoms with van der Waals surface area (Å²) in [6.07, 6.45) is 5.95. The Morgan fingerprint density at radius 1 is 1.19 bits per heavy atom. The summed E-state index contributed by atoms with van der Waals surface area (Å²) >= 11 is 0. The molecule has 2 aromatic rings. The van der Waals surface area contributed by atoms with Gasteiger partial charge in [0.15, 0.2) is 5.82 Å². The van der Waals surface area contributed by atoms with Crippen molar-refractivity contribution < 1.29 is 9.53 Å². The Labute approximate surface area is 159 Å². The number of ether oxygens (including phenoxy) is 1. The van der Waals surface area contributed by atoms with E-state index < -0.39 is 6.09 Å². The molecule has 1 atom stereocenters. The number of anilines is 2. The smallest absolute Gasteiger partial charge is 0.412 e. The van der Waals surface area contributed by atoms with Gasteiger partial charge in [-0.05, 0) is 31.2 Å². The van der Waals surface area contributed by atoms with Crippen molar-refractivity contribution in [3.05, 3.63) is 48.2 Å². The van der Waals surface area contributed by atoms with Gasteiger partial charge in [0.25, 0.3) is 0 Å². The number of aromatic nitrogens is 2. The van der Waals surface area contributed by atoms with Crippen LogP contribution >= 0.6 is 0 Å². The number of piperidine rings is 1. The van der Waals surface area contributed by atoms with Gasteiger partial charge in [-0.2, -0.15) is 5.10 Å². The maximum atomic E-state index is 12.0. The highest BCUT2D eigenvalue weighted by atomic mass is 16.5. The number of rotatable bonds is 6. The fraction of sp³-hybridized carbons (Fsp3) is 0.450. The average molecular weight is 367 g/mol. The lowest BCUT2D eigenvalue weighted by Crippen LogP contribution is -2.46. The first-order valence-corrected chi connectivity index (χ1v) is 9.58. The van der Waals surface area contributed by atoms with E-state index >= 15 is 0 Å². The van der Waals surface area contributed by atoms with E-state index in [1.165, 1.54) is 25.5 Å². The van der Waals surface area contributed by atoms with Crippen molar-refractivity contribution in [3.63, 3.8) is 0 Å². The first-order valence-electron chi connectivity index (χ1n) is 9.58. The molecule has 142 valence electrons. The predicted octanol–water partition coefficient (Wildman–Crippen LogP) is 2.95. The molecule has 2 aliphatic rings. The van der Waals surface area contributed by atoms with E-state index in [2.05, 4.69) is 25.7 Å². The lowest BCUT2D eigenvalue weighted by atomic mass is 10.1. The summed E-state index contributed by atoms with van der Waals surface area (Å²) in [5.74, 6) is 0.790.